The molecule has 0 spiro atoms. The van der Waals surface area contributed by atoms with Crippen molar-refractivity contribution in [2.24, 2.45) is 11.8 Å². The first kappa shape index (κ1) is 20.9. The zero-order chi connectivity index (χ0) is 19.3. The molecule has 1 saturated heterocycles. The lowest BCUT2D eigenvalue weighted by Gasteiger charge is -2.30. The van der Waals surface area contributed by atoms with Crippen LogP contribution in [0, 0.1) is 18.8 Å². The Hall–Kier alpha value is -1.44. The number of amides is 1. The van der Waals surface area contributed by atoms with Crippen molar-refractivity contribution < 1.29 is 18.1 Å². The van der Waals surface area contributed by atoms with Gasteiger partial charge >= 0.3 is 0 Å². The van der Waals surface area contributed by atoms with Crippen LogP contribution in [0.4, 0.5) is 0 Å². The molecule has 0 bridgehead atoms. The van der Waals surface area contributed by atoms with Crippen LogP contribution in [0.25, 0.3) is 0 Å². The largest absolute Gasteiger partial charge is 0.355 e. The molecule has 1 fully saturated rings. The predicted octanol–water partition coefficient (Wildman–Crippen LogP) is 0.293. The molecule has 0 saturated carbocycles. The highest BCUT2D eigenvalue weighted by Crippen LogP contribution is 2.24. The summed E-state index contributed by atoms with van der Waals surface area (Å²) in [6.07, 6.45) is 1.15. The Labute approximate surface area is 157 Å². The van der Waals surface area contributed by atoms with Crippen LogP contribution in [0.15, 0.2) is 29.2 Å². The molecule has 0 unspecified atom stereocenters. The van der Waals surface area contributed by atoms with Gasteiger partial charge in [-0.05, 0) is 31.9 Å². The van der Waals surface area contributed by atoms with E-state index in [1.807, 2.05) is 19.1 Å². The predicted molar refractivity (Wildman–Crippen MR) is 103 cm³/mol. The number of carbonyl (C=O) groups is 1. The molecule has 146 valence electrons. The maximum atomic E-state index is 12.7. The summed E-state index contributed by atoms with van der Waals surface area (Å²) in [5, 5.41) is 3.03. The molecule has 7 heteroatoms. The highest BCUT2D eigenvalue weighted by Gasteiger charge is 2.32. The van der Waals surface area contributed by atoms with Gasteiger partial charge in [0.2, 0.25) is 15.9 Å². The van der Waals surface area contributed by atoms with E-state index in [9.17, 15) is 13.2 Å². The minimum atomic E-state index is -3.47. The topological polar surface area (TPSA) is 70.9 Å². The lowest BCUT2D eigenvalue weighted by Crippen LogP contribution is -3.06. The van der Waals surface area contributed by atoms with Crippen molar-refractivity contribution in [1.82, 2.24) is 9.62 Å². The Morgan fingerprint density at radius 1 is 1.23 bits per heavy atom. The van der Waals surface area contributed by atoms with Crippen molar-refractivity contribution in [2.75, 3.05) is 40.3 Å². The average Bonchev–Trinajstić information content (AvgIpc) is 2.59. The summed E-state index contributed by atoms with van der Waals surface area (Å²) in [6, 6.07) is 6.92. The van der Waals surface area contributed by atoms with E-state index in [1.54, 1.807) is 12.1 Å². The molecule has 1 aliphatic heterocycles. The van der Waals surface area contributed by atoms with Gasteiger partial charge < -0.3 is 10.2 Å². The summed E-state index contributed by atoms with van der Waals surface area (Å²) in [4.78, 5) is 14.1. The zero-order valence-electron chi connectivity index (χ0n) is 16.3. The lowest BCUT2D eigenvalue weighted by molar-refractivity contribution is -0.861. The maximum Gasteiger partial charge on any atom is 0.243 e. The summed E-state index contributed by atoms with van der Waals surface area (Å²) in [6.45, 7) is 6.53. The monoisotopic (exact) mass is 382 g/mol. The number of hydrogen-bond acceptors (Lipinski definition) is 3. The second-order valence-corrected chi connectivity index (χ2v) is 9.69. The minimum absolute atomic E-state index is 0.0537. The number of nitrogens with one attached hydrogen (secondary N) is 2. The SMILES string of the molecule is Cc1ccc(S(=O)(=O)N2CCC(C(=O)NC[C@H](C)C[NH+](C)C)CC2)cc1. The molecular formula is C19H32N3O3S+. The van der Waals surface area contributed by atoms with E-state index in [1.165, 1.54) is 9.21 Å². The van der Waals surface area contributed by atoms with Crippen molar-refractivity contribution >= 4 is 15.9 Å². The quantitative estimate of drug-likeness (QED) is 0.712. The van der Waals surface area contributed by atoms with Gasteiger partial charge in [-0.25, -0.2) is 8.42 Å². The Morgan fingerprint density at radius 3 is 2.35 bits per heavy atom. The first-order valence-corrected chi connectivity index (χ1v) is 10.8. The molecule has 1 heterocycles. The van der Waals surface area contributed by atoms with Crippen LogP contribution >= 0.6 is 0 Å². The van der Waals surface area contributed by atoms with Crippen LogP contribution in [0.3, 0.4) is 0 Å². The van der Waals surface area contributed by atoms with Crippen molar-refractivity contribution in [3.8, 4) is 0 Å². The van der Waals surface area contributed by atoms with E-state index in [0.29, 0.717) is 43.3 Å². The molecule has 1 aromatic rings. The number of rotatable bonds is 7. The highest BCUT2D eigenvalue weighted by molar-refractivity contribution is 7.89. The van der Waals surface area contributed by atoms with Gasteiger partial charge in [0.1, 0.15) is 0 Å². The van der Waals surface area contributed by atoms with E-state index < -0.39 is 10.0 Å². The summed E-state index contributed by atoms with van der Waals surface area (Å²) >= 11 is 0. The molecule has 1 amide bonds. The third-order valence-corrected chi connectivity index (χ3v) is 6.78. The molecule has 1 atom stereocenters. The number of aryl methyl sites for hydroxylation is 1. The molecule has 1 aromatic carbocycles. The fourth-order valence-electron chi connectivity index (χ4n) is 3.41. The molecule has 26 heavy (non-hydrogen) atoms. The van der Waals surface area contributed by atoms with Gasteiger partial charge in [0.05, 0.1) is 25.5 Å². The second-order valence-electron chi connectivity index (χ2n) is 7.75. The Bertz CT molecular complexity index is 693. The van der Waals surface area contributed by atoms with E-state index in [4.69, 9.17) is 0 Å². The number of benzene rings is 1. The number of nitrogens with zero attached hydrogens (tertiary/aromatic N) is 1. The zero-order valence-corrected chi connectivity index (χ0v) is 17.1. The lowest BCUT2D eigenvalue weighted by atomic mass is 9.97. The van der Waals surface area contributed by atoms with Crippen molar-refractivity contribution in [3.63, 3.8) is 0 Å². The molecule has 6 nitrogen and oxygen atoms in total. The third kappa shape index (κ3) is 5.53. The van der Waals surface area contributed by atoms with Crippen molar-refractivity contribution in [3.05, 3.63) is 29.8 Å². The van der Waals surface area contributed by atoms with Gasteiger partial charge in [-0.1, -0.05) is 24.6 Å². The second kappa shape index (κ2) is 8.97. The summed E-state index contributed by atoms with van der Waals surface area (Å²) in [5.74, 6) is 0.377. The van der Waals surface area contributed by atoms with Gasteiger partial charge in [-0.15, -0.1) is 0 Å². The van der Waals surface area contributed by atoms with Crippen molar-refractivity contribution in [2.45, 2.75) is 31.6 Å². The number of sulfonamides is 1. The first-order valence-electron chi connectivity index (χ1n) is 9.33. The van der Waals surface area contributed by atoms with Gasteiger partial charge in [-0.3, -0.25) is 4.79 Å². The highest BCUT2D eigenvalue weighted by atomic mass is 32.2. The Kier molecular flexibility index (Phi) is 7.20. The van der Waals surface area contributed by atoms with Crippen LogP contribution in [0.1, 0.15) is 25.3 Å². The Balaban J connectivity index is 1.86. The van der Waals surface area contributed by atoms with E-state index >= 15 is 0 Å². The van der Waals surface area contributed by atoms with Crippen LogP contribution in [0.2, 0.25) is 0 Å². The van der Waals surface area contributed by atoms with Gasteiger partial charge in [0.25, 0.3) is 0 Å². The normalized spacial score (nSPS) is 18.0. The molecule has 2 rings (SSSR count). The fourth-order valence-corrected chi connectivity index (χ4v) is 4.88. The van der Waals surface area contributed by atoms with E-state index in [-0.39, 0.29) is 11.8 Å². The van der Waals surface area contributed by atoms with Crippen molar-refractivity contribution in [1.29, 1.82) is 0 Å². The molecule has 0 aromatic heterocycles. The number of carbonyl (C=O) groups excluding carboxylic acids is 1. The minimum Gasteiger partial charge on any atom is -0.355 e. The summed E-state index contributed by atoms with van der Waals surface area (Å²) < 4.78 is 26.9. The molecule has 2 N–H and O–H groups in total. The number of quaternary nitrogens is 1. The smallest absolute Gasteiger partial charge is 0.243 e. The standard InChI is InChI=1S/C19H31N3O3S/c1-15-5-7-18(8-6-15)26(24,25)22-11-9-17(10-12-22)19(23)20-13-16(2)14-21(3)4/h5-8,16-17H,9-14H2,1-4H3,(H,20,23)/p+1/t16-/m0/s1. The Morgan fingerprint density at radius 2 is 1.81 bits per heavy atom. The molecular weight excluding hydrogens is 350 g/mol. The summed E-state index contributed by atoms with van der Waals surface area (Å²) in [7, 11) is 0.731. The van der Waals surface area contributed by atoms with Crippen LogP contribution in [-0.2, 0) is 14.8 Å². The maximum absolute atomic E-state index is 12.7. The third-order valence-electron chi connectivity index (χ3n) is 4.86. The van der Waals surface area contributed by atoms with Gasteiger partial charge in [-0.2, -0.15) is 4.31 Å². The number of piperidine rings is 1. The van der Waals surface area contributed by atoms with Crippen LogP contribution < -0.4 is 10.2 Å². The van der Waals surface area contributed by atoms with Gasteiger partial charge in [0.15, 0.2) is 0 Å². The van der Waals surface area contributed by atoms with Gasteiger partial charge in [0, 0.05) is 31.5 Å². The van der Waals surface area contributed by atoms with E-state index in [0.717, 1.165) is 12.1 Å². The van der Waals surface area contributed by atoms with Crippen LogP contribution in [-0.4, -0.2) is 58.9 Å². The molecule has 0 aliphatic carbocycles. The average molecular weight is 383 g/mol. The van der Waals surface area contributed by atoms with Crippen LogP contribution in [0.5, 0.6) is 0 Å². The summed E-state index contributed by atoms with van der Waals surface area (Å²) in [5.41, 5.74) is 1.03. The molecule has 0 radical (unpaired) electrons. The molecule has 1 aliphatic rings. The van der Waals surface area contributed by atoms with E-state index in [2.05, 4.69) is 26.3 Å². The number of hydrogen-bond donors (Lipinski definition) is 2. The fraction of sp³-hybridized carbons (Fsp3) is 0.632. The first-order chi connectivity index (χ1) is 12.2.